The summed E-state index contributed by atoms with van der Waals surface area (Å²) < 4.78 is 10.7. The molecule has 0 radical (unpaired) electrons. The molecule has 0 spiro atoms. The van der Waals surface area contributed by atoms with Crippen LogP contribution in [-0.2, 0) is 19.3 Å². The van der Waals surface area contributed by atoms with Gasteiger partial charge in [-0.1, -0.05) is 24.2 Å². The maximum absolute atomic E-state index is 5.35. The summed E-state index contributed by atoms with van der Waals surface area (Å²) in [5, 5.41) is 8.11. The van der Waals surface area contributed by atoms with E-state index in [9.17, 15) is 0 Å². The molecular weight excluding hydrogens is 268 g/mol. The summed E-state index contributed by atoms with van der Waals surface area (Å²) in [4.78, 5) is 8.41. The number of pyridine rings is 1. The minimum Gasteiger partial charge on any atom is -0.361 e. The van der Waals surface area contributed by atoms with Gasteiger partial charge in [0.2, 0.25) is 11.7 Å². The lowest BCUT2D eigenvalue weighted by Gasteiger charge is -1.97. The van der Waals surface area contributed by atoms with Crippen LogP contribution in [0.4, 0.5) is 0 Å². The summed E-state index contributed by atoms with van der Waals surface area (Å²) in [5.41, 5.74) is 2.90. The fourth-order valence-corrected chi connectivity index (χ4v) is 2.23. The van der Waals surface area contributed by atoms with E-state index in [0.29, 0.717) is 18.1 Å². The van der Waals surface area contributed by atoms with Crippen LogP contribution in [0.25, 0.3) is 11.4 Å². The van der Waals surface area contributed by atoms with Crippen molar-refractivity contribution in [1.29, 1.82) is 0 Å². The van der Waals surface area contributed by atoms with Crippen molar-refractivity contribution in [3.8, 4) is 11.4 Å². The van der Waals surface area contributed by atoms with Crippen molar-refractivity contribution in [2.24, 2.45) is 0 Å². The molecule has 0 atom stereocenters. The van der Waals surface area contributed by atoms with Gasteiger partial charge in [-0.15, -0.1) is 0 Å². The van der Waals surface area contributed by atoms with E-state index in [4.69, 9.17) is 9.05 Å². The zero-order valence-corrected chi connectivity index (χ0v) is 12.0. The van der Waals surface area contributed by atoms with Gasteiger partial charge < -0.3 is 9.05 Å². The first-order valence-corrected chi connectivity index (χ1v) is 7.01. The molecule has 0 aromatic carbocycles. The summed E-state index contributed by atoms with van der Waals surface area (Å²) in [7, 11) is 0. The van der Waals surface area contributed by atoms with Crippen molar-refractivity contribution < 1.29 is 9.05 Å². The van der Waals surface area contributed by atoms with Crippen molar-refractivity contribution in [2.45, 2.75) is 33.1 Å². The first-order valence-electron chi connectivity index (χ1n) is 7.01. The Labute approximate surface area is 122 Å². The summed E-state index contributed by atoms with van der Waals surface area (Å²) in [5.74, 6) is 2.02. The maximum atomic E-state index is 5.35. The molecule has 3 rings (SSSR count). The Morgan fingerprint density at radius 1 is 1.00 bits per heavy atom. The Morgan fingerprint density at radius 3 is 2.52 bits per heavy atom. The summed E-state index contributed by atoms with van der Waals surface area (Å²) in [6, 6.07) is 3.70. The van der Waals surface area contributed by atoms with E-state index in [0.717, 1.165) is 35.4 Å². The third kappa shape index (κ3) is 2.69. The average Bonchev–Trinajstić information content (AvgIpc) is 3.15. The summed E-state index contributed by atoms with van der Waals surface area (Å²) in [6.07, 6.45) is 5.58. The van der Waals surface area contributed by atoms with E-state index in [1.165, 1.54) is 0 Å². The Morgan fingerprint density at radius 2 is 1.81 bits per heavy atom. The van der Waals surface area contributed by atoms with E-state index in [-0.39, 0.29) is 0 Å². The van der Waals surface area contributed by atoms with Crippen LogP contribution in [0.5, 0.6) is 0 Å². The maximum Gasteiger partial charge on any atom is 0.231 e. The minimum atomic E-state index is 0.550. The molecule has 0 bridgehead atoms. The largest absolute Gasteiger partial charge is 0.361 e. The van der Waals surface area contributed by atoms with Crippen molar-refractivity contribution in [2.75, 3.05) is 0 Å². The number of hydrogen-bond acceptors (Lipinski definition) is 6. The van der Waals surface area contributed by atoms with Gasteiger partial charge in [-0.05, 0) is 18.6 Å². The Bertz CT molecular complexity index is 697. The highest BCUT2D eigenvalue weighted by molar-refractivity contribution is 5.52. The fraction of sp³-hybridized carbons (Fsp3) is 0.333. The standard InChI is InChI=1S/C15H16N4O2/c1-3-12-11(13(4-2)20-18-12)9-14-17-15(19-21-14)10-5-7-16-8-6-10/h5-8H,3-4,9H2,1-2H3. The zero-order chi connectivity index (χ0) is 14.7. The SMILES string of the molecule is CCc1noc(CC)c1Cc1nc(-c2ccncc2)no1. The average molecular weight is 284 g/mol. The highest BCUT2D eigenvalue weighted by Crippen LogP contribution is 2.21. The van der Waals surface area contributed by atoms with Crippen molar-refractivity contribution >= 4 is 0 Å². The third-order valence-corrected chi connectivity index (χ3v) is 3.34. The molecule has 0 aliphatic heterocycles. The molecular formula is C15H16N4O2. The molecule has 0 fully saturated rings. The molecule has 0 amide bonds. The summed E-state index contributed by atoms with van der Waals surface area (Å²) >= 11 is 0. The van der Waals surface area contributed by atoms with Crippen LogP contribution in [-0.4, -0.2) is 20.3 Å². The smallest absolute Gasteiger partial charge is 0.231 e. The second-order valence-electron chi connectivity index (χ2n) is 4.66. The Kier molecular flexibility index (Phi) is 3.77. The van der Waals surface area contributed by atoms with E-state index >= 15 is 0 Å². The Hall–Kier alpha value is -2.50. The molecule has 3 aromatic heterocycles. The van der Waals surface area contributed by atoms with Gasteiger partial charge in [-0.25, -0.2) is 0 Å². The quantitative estimate of drug-likeness (QED) is 0.717. The van der Waals surface area contributed by atoms with Gasteiger partial charge in [0.05, 0.1) is 12.1 Å². The molecule has 6 heteroatoms. The second kappa shape index (κ2) is 5.87. The van der Waals surface area contributed by atoms with Crippen LogP contribution in [0.2, 0.25) is 0 Å². The number of hydrogen-bond donors (Lipinski definition) is 0. The molecule has 0 aliphatic rings. The fourth-order valence-electron chi connectivity index (χ4n) is 2.23. The summed E-state index contributed by atoms with van der Waals surface area (Å²) in [6.45, 7) is 4.09. The lowest BCUT2D eigenvalue weighted by Crippen LogP contribution is -1.96. The van der Waals surface area contributed by atoms with Crippen LogP contribution in [0.3, 0.4) is 0 Å². The number of aryl methyl sites for hydroxylation is 2. The molecule has 3 aromatic rings. The minimum absolute atomic E-state index is 0.550. The van der Waals surface area contributed by atoms with Gasteiger partial charge in [0.15, 0.2) is 0 Å². The molecule has 0 aliphatic carbocycles. The monoisotopic (exact) mass is 284 g/mol. The van der Waals surface area contributed by atoms with Gasteiger partial charge in [0.25, 0.3) is 0 Å². The van der Waals surface area contributed by atoms with Crippen molar-refractivity contribution in [1.82, 2.24) is 20.3 Å². The molecule has 21 heavy (non-hydrogen) atoms. The van der Waals surface area contributed by atoms with Gasteiger partial charge in [0, 0.05) is 29.9 Å². The van der Waals surface area contributed by atoms with E-state index in [1.54, 1.807) is 12.4 Å². The van der Waals surface area contributed by atoms with E-state index < -0.39 is 0 Å². The molecule has 0 saturated heterocycles. The molecule has 3 heterocycles. The van der Waals surface area contributed by atoms with Crippen LogP contribution < -0.4 is 0 Å². The van der Waals surface area contributed by atoms with Crippen molar-refractivity contribution in [3.05, 3.63) is 47.4 Å². The molecule has 6 nitrogen and oxygen atoms in total. The van der Waals surface area contributed by atoms with E-state index in [2.05, 4.69) is 27.2 Å². The number of nitrogens with zero attached hydrogens (tertiary/aromatic N) is 4. The lowest BCUT2D eigenvalue weighted by molar-refractivity contribution is 0.375. The highest BCUT2D eigenvalue weighted by atomic mass is 16.5. The van der Waals surface area contributed by atoms with Crippen molar-refractivity contribution in [3.63, 3.8) is 0 Å². The first-order chi connectivity index (χ1) is 10.3. The predicted molar refractivity (Wildman–Crippen MR) is 75.6 cm³/mol. The molecule has 0 saturated carbocycles. The highest BCUT2D eigenvalue weighted by Gasteiger charge is 2.17. The topological polar surface area (TPSA) is 77.8 Å². The van der Waals surface area contributed by atoms with Gasteiger partial charge in [-0.3, -0.25) is 4.98 Å². The van der Waals surface area contributed by atoms with Crippen LogP contribution in [0, 0.1) is 0 Å². The molecule has 0 unspecified atom stereocenters. The Balaban J connectivity index is 1.87. The van der Waals surface area contributed by atoms with Gasteiger partial charge in [-0.2, -0.15) is 4.98 Å². The number of aromatic nitrogens is 4. The molecule has 108 valence electrons. The van der Waals surface area contributed by atoms with Crippen LogP contribution >= 0.6 is 0 Å². The number of rotatable bonds is 5. The second-order valence-corrected chi connectivity index (χ2v) is 4.66. The van der Waals surface area contributed by atoms with Crippen LogP contribution in [0.15, 0.2) is 33.6 Å². The molecule has 0 N–H and O–H groups in total. The zero-order valence-electron chi connectivity index (χ0n) is 12.0. The van der Waals surface area contributed by atoms with Gasteiger partial charge in [0.1, 0.15) is 5.76 Å². The van der Waals surface area contributed by atoms with E-state index in [1.807, 2.05) is 19.1 Å². The third-order valence-electron chi connectivity index (χ3n) is 3.34. The normalized spacial score (nSPS) is 11.0. The lowest BCUT2D eigenvalue weighted by atomic mass is 10.1. The first kappa shape index (κ1) is 13.5. The predicted octanol–water partition coefficient (Wildman–Crippen LogP) is 2.84. The van der Waals surface area contributed by atoms with Crippen LogP contribution in [0.1, 0.15) is 36.8 Å². The van der Waals surface area contributed by atoms with Gasteiger partial charge >= 0.3 is 0 Å².